The lowest BCUT2D eigenvalue weighted by molar-refractivity contribution is 0.0954. The van der Waals surface area contributed by atoms with Crippen molar-refractivity contribution >= 4 is 33.2 Å². The molecule has 140 valence electrons. The zero-order chi connectivity index (χ0) is 19.7. The number of carbonyl (C=O) groups excluding carboxylic acids is 1. The highest BCUT2D eigenvalue weighted by Gasteiger charge is 2.14. The minimum Gasteiger partial charge on any atom is -0.352 e. The van der Waals surface area contributed by atoms with E-state index in [0.717, 1.165) is 29.2 Å². The number of amides is 1. The average Bonchev–Trinajstić information content (AvgIpc) is 2.69. The van der Waals surface area contributed by atoms with E-state index in [2.05, 4.69) is 16.9 Å². The van der Waals surface area contributed by atoms with Crippen LogP contribution in [0.25, 0.3) is 27.3 Å². The molecule has 0 radical (unpaired) electrons. The largest absolute Gasteiger partial charge is 0.352 e. The molecular weight excluding hydrogens is 350 g/mol. The van der Waals surface area contributed by atoms with Gasteiger partial charge in [0.05, 0.1) is 16.5 Å². The van der Waals surface area contributed by atoms with E-state index in [1.54, 1.807) is 18.3 Å². The topological polar surface area (TPSA) is 63.5 Å². The third kappa shape index (κ3) is 3.27. The van der Waals surface area contributed by atoms with Crippen molar-refractivity contribution in [3.8, 4) is 0 Å². The summed E-state index contributed by atoms with van der Waals surface area (Å²) < 4.78 is 1.44. The molecule has 0 bridgehead atoms. The molecule has 1 amide bonds. The number of nitrogens with zero attached hydrogens (tertiary/aromatic N) is 2. The summed E-state index contributed by atoms with van der Waals surface area (Å²) in [5.41, 5.74) is 2.26. The van der Waals surface area contributed by atoms with Crippen molar-refractivity contribution in [3.05, 3.63) is 82.8 Å². The number of hydrogen-bond donors (Lipinski definition) is 1. The van der Waals surface area contributed by atoms with Crippen molar-refractivity contribution in [2.75, 3.05) is 6.54 Å². The van der Waals surface area contributed by atoms with Crippen molar-refractivity contribution < 1.29 is 4.79 Å². The number of allylic oxidation sites excluding steroid dienone is 1. The number of nitrogens with one attached hydrogen (secondary N) is 1. The van der Waals surface area contributed by atoms with Crippen molar-refractivity contribution in [1.29, 1.82) is 0 Å². The normalized spacial score (nSPS) is 11.2. The molecule has 2 aromatic heterocycles. The molecular formula is C23H21N3O2. The van der Waals surface area contributed by atoms with E-state index in [4.69, 9.17) is 0 Å². The fourth-order valence-electron chi connectivity index (χ4n) is 3.38. The van der Waals surface area contributed by atoms with Gasteiger partial charge in [0.2, 0.25) is 0 Å². The minimum atomic E-state index is -0.230. The molecule has 0 saturated carbocycles. The van der Waals surface area contributed by atoms with E-state index in [-0.39, 0.29) is 11.5 Å². The van der Waals surface area contributed by atoms with Crippen LogP contribution < -0.4 is 10.9 Å². The van der Waals surface area contributed by atoms with Crippen molar-refractivity contribution in [3.63, 3.8) is 0 Å². The van der Waals surface area contributed by atoms with Gasteiger partial charge < -0.3 is 5.32 Å². The van der Waals surface area contributed by atoms with E-state index in [0.29, 0.717) is 28.7 Å². The molecule has 0 aliphatic heterocycles. The fraction of sp³-hybridized carbons (Fsp3) is 0.174. The Hall–Kier alpha value is -3.47. The van der Waals surface area contributed by atoms with Crippen LogP contribution in [0.1, 0.15) is 30.1 Å². The molecule has 0 aliphatic carbocycles. The molecule has 5 heteroatoms. The van der Waals surface area contributed by atoms with Crippen LogP contribution in [0, 0.1) is 0 Å². The summed E-state index contributed by atoms with van der Waals surface area (Å²) in [4.78, 5) is 30.4. The predicted octanol–water partition coefficient (Wildman–Crippen LogP) is 4.09. The Balaban J connectivity index is 1.80. The number of benzene rings is 2. The summed E-state index contributed by atoms with van der Waals surface area (Å²) in [5.74, 6) is -0.230. The van der Waals surface area contributed by atoms with Gasteiger partial charge in [-0.3, -0.25) is 14.0 Å². The Morgan fingerprint density at radius 1 is 1.14 bits per heavy atom. The Morgan fingerprint density at radius 2 is 1.89 bits per heavy atom. The maximum atomic E-state index is 13.0. The number of carbonyl (C=O) groups is 1. The molecule has 0 saturated heterocycles. The quantitative estimate of drug-likeness (QED) is 0.326. The Morgan fingerprint density at radius 3 is 2.64 bits per heavy atom. The van der Waals surface area contributed by atoms with Crippen molar-refractivity contribution in [2.24, 2.45) is 0 Å². The summed E-state index contributed by atoms with van der Waals surface area (Å²) >= 11 is 0. The van der Waals surface area contributed by atoms with Gasteiger partial charge >= 0.3 is 0 Å². The van der Waals surface area contributed by atoms with E-state index in [1.807, 2.05) is 43.3 Å². The highest BCUT2D eigenvalue weighted by atomic mass is 16.1. The molecule has 0 aliphatic rings. The van der Waals surface area contributed by atoms with Crippen LogP contribution in [-0.2, 0) is 0 Å². The number of fused-ring (bicyclic) bond motifs is 3. The van der Waals surface area contributed by atoms with Gasteiger partial charge in [0.1, 0.15) is 0 Å². The first-order valence-corrected chi connectivity index (χ1v) is 9.31. The summed E-state index contributed by atoms with van der Waals surface area (Å²) in [6.45, 7) is 6.39. The summed E-state index contributed by atoms with van der Waals surface area (Å²) in [6, 6.07) is 15.0. The number of hydrogen-bond acceptors (Lipinski definition) is 3. The van der Waals surface area contributed by atoms with Gasteiger partial charge in [-0.05, 0) is 54.8 Å². The monoisotopic (exact) mass is 371 g/mol. The van der Waals surface area contributed by atoms with Crippen LogP contribution in [0.4, 0.5) is 0 Å². The van der Waals surface area contributed by atoms with Crippen LogP contribution in [0.15, 0.2) is 71.7 Å². The smallest absolute Gasteiger partial charge is 0.265 e. The number of rotatable bonds is 5. The molecule has 4 rings (SSSR count). The van der Waals surface area contributed by atoms with E-state index in [1.165, 1.54) is 4.40 Å². The molecule has 0 unspecified atom stereocenters. The lowest BCUT2D eigenvalue weighted by atomic mass is 10.1. The zero-order valence-electron chi connectivity index (χ0n) is 15.7. The predicted molar refractivity (Wildman–Crippen MR) is 113 cm³/mol. The summed E-state index contributed by atoms with van der Waals surface area (Å²) in [6.07, 6.45) is 3.34. The first kappa shape index (κ1) is 17.9. The first-order chi connectivity index (χ1) is 13.5. The van der Waals surface area contributed by atoms with Gasteiger partial charge in [-0.25, -0.2) is 4.98 Å². The third-order valence-electron chi connectivity index (χ3n) is 4.82. The highest BCUT2D eigenvalue weighted by molar-refractivity contribution is 6.02. The van der Waals surface area contributed by atoms with Gasteiger partial charge in [0.15, 0.2) is 5.65 Å². The molecule has 28 heavy (non-hydrogen) atoms. The van der Waals surface area contributed by atoms with Gasteiger partial charge in [-0.1, -0.05) is 29.8 Å². The second-order valence-corrected chi connectivity index (χ2v) is 7.07. The van der Waals surface area contributed by atoms with Crippen LogP contribution in [0.3, 0.4) is 0 Å². The van der Waals surface area contributed by atoms with Gasteiger partial charge in [0.25, 0.3) is 11.5 Å². The molecule has 0 atom stereocenters. The summed E-state index contributed by atoms with van der Waals surface area (Å²) in [5, 5.41) is 5.44. The number of aromatic nitrogens is 2. The second kappa shape index (κ2) is 7.27. The van der Waals surface area contributed by atoms with Gasteiger partial charge in [-0.2, -0.15) is 0 Å². The highest BCUT2D eigenvalue weighted by Crippen LogP contribution is 2.20. The SMILES string of the molecule is C=C(C)CCCNC(=O)c1cccn2c(=O)c3cc4ccccc4cc3nc12. The maximum absolute atomic E-state index is 13.0. The van der Waals surface area contributed by atoms with Crippen LogP contribution >= 0.6 is 0 Å². The Kier molecular flexibility index (Phi) is 4.65. The standard InChI is InChI=1S/C23H21N3O2/c1-15(2)7-5-11-24-22(27)18-10-6-12-26-21(18)25-20-14-17-9-4-3-8-16(17)13-19(20)23(26)28/h3-4,6,8-10,12-14H,1,5,7,11H2,2H3,(H,24,27). The lowest BCUT2D eigenvalue weighted by Gasteiger charge is -2.10. The van der Waals surface area contributed by atoms with Gasteiger partial charge in [0, 0.05) is 12.7 Å². The van der Waals surface area contributed by atoms with Crippen molar-refractivity contribution in [1.82, 2.24) is 14.7 Å². The zero-order valence-corrected chi connectivity index (χ0v) is 15.7. The first-order valence-electron chi connectivity index (χ1n) is 9.31. The second-order valence-electron chi connectivity index (χ2n) is 7.07. The Bertz CT molecular complexity index is 1290. The molecule has 2 heterocycles. The van der Waals surface area contributed by atoms with Crippen molar-refractivity contribution in [2.45, 2.75) is 19.8 Å². The van der Waals surface area contributed by atoms with E-state index < -0.39 is 0 Å². The summed E-state index contributed by atoms with van der Waals surface area (Å²) in [7, 11) is 0. The molecule has 1 N–H and O–H groups in total. The molecule has 2 aromatic carbocycles. The van der Waals surface area contributed by atoms with Crippen LogP contribution in [-0.4, -0.2) is 21.8 Å². The van der Waals surface area contributed by atoms with Crippen LogP contribution in [0.2, 0.25) is 0 Å². The number of pyridine rings is 1. The average molecular weight is 371 g/mol. The third-order valence-corrected chi connectivity index (χ3v) is 4.82. The maximum Gasteiger partial charge on any atom is 0.265 e. The fourth-order valence-corrected chi connectivity index (χ4v) is 3.38. The van der Waals surface area contributed by atoms with E-state index in [9.17, 15) is 9.59 Å². The van der Waals surface area contributed by atoms with Crippen LogP contribution in [0.5, 0.6) is 0 Å². The molecule has 5 nitrogen and oxygen atoms in total. The van der Waals surface area contributed by atoms with E-state index >= 15 is 0 Å². The molecule has 0 spiro atoms. The molecule has 0 fully saturated rings. The molecule has 4 aromatic rings. The Labute approximate surface area is 162 Å². The lowest BCUT2D eigenvalue weighted by Crippen LogP contribution is -2.26. The minimum absolute atomic E-state index is 0.178. The van der Waals surface area contributed by atoms with Gasteiger partial charge in [-0.15, -0.1) is 6.58 Å².